The predicted octanol–water partition coefficient (Wildman–Crippen LogP) is 2.01. The van der Waals surface area contributed by atoms with Crippen molar-refractivity contribution in [2.45, 2.75) is 37.8 Å². The second-order valence-electron chi connectivity index (χ2n) is 4.59. The van der Waals surface area contributed by atoms with Crippen LogP contribution in [0, 0.1) is 11.6 Å². The first kappa shape index (κ1) is 12.5. The van der Waals surface area contributed by atoms with Crippen LogP contribution in [0.4, 0.5) is 8.78 Å². The molecule has 2 rings (SSSR count). The number of nitrogens with one attached hydrogen (secondary N) is 1. The van der Waals surface area contributed by atoms with E-state index in [1.807, 2.05) is 0 Å². The first-order valence-corrected chi connectivity index (χ1v) is 6.01. The number of rotatable bonds is 4. The van der Waals surface area contributed by atoms with E-state index in [0.29, 0.717) is 18.5 Å². The molecule has 1 aromatic rings. The Labute approximate surface area is 99.7 Å². The van der Waals surface area contributed by atoms with Crippen LogP contribution < -0.4 is 5.32 Å². The lowest BCUT2D eigenvalue weighted by molar-refractivity contribution is 0.149. The van der Waals surface area contributed by atoms with Gasteiger partial charge in [0.2, 0.25) is 0 Å². The maximum Gasteiger partial charge on any atom is 0.126 e. The number of benzene rings is 1. The van der Waals surface area contributed by atoms with Crippen LogP contribution in [0.15, 0.2) is 18.2 Å². The molecule has 0 unspecified atom stereocenters. The van der Waals surface area contributed by atoms with Gasteiger partial charge in [0.15, 0.2) is 0 Å². The smallest absolute Gasteiger partial charge is 0.126 e. The van der Waals surface area contributed by atoms with Crippen LogP contribution in [0.3, 0.4) is 0 Å². The van der Waals surface area contributed by atoms with Crippen molar-refractivity contribution >= 4 is 0 Å². The molecule has 1 aliphatic rings. The topological polar surface area (TPSA) is 32.3 Å². The van der Waals surface area contributed by atoms with Crippen molar-refractivity contribution in [1.82, 2.24) is 5.32 Å². The molecule has 17 heavy (non-hydrogen) atoms. The average Bonchev–Trinajstić information content (AvgIpc) is 2.63. The highest BCUT2D eigenvalue weighted by atomic mass is 19.1. The molecule has 94 valence electrons. The molecule has 4 heteroatoms. The molecule has 1 aromatic carbocycles. The highest BCUT2D eigenvalue weighted by Crippen LogP contribution is 2.18. The summed E-state index contributed by atoms with van der Waals surface area (Å²) >= 11 is 0. The Balaban J connectivity index is 1.81. The van der Waals surface area contributed by atoms with E-state index >= 15 is 0 Å². The summed E-state index contributed by atoms with van der Waals surface area (Å²) < 4.78 is 25.8. The molecule has 0 amide bonds. The second kappa shape index (κ2) is 5.56. The lowest BCUT2D eigenvalue weighted by Gasteiger charge is -2.16. The fourth-order valence-electron chi connectivity index (χ4n) is 2.34. The van der Waals surface area contributed by atoms with E-state index < -0.39 is 11.6 Å². The number of aliphatic hydroxyl groups is 1. The Bertz CT molecular complexity index is 363. The first-order valence-electron chi connectivity index (χ1n) is 6.01. The largest absolute Gasteiger partial charge is 0.392 e. The average molecular weight is 241 g/mol. The summed E-state index contributed by atoms with van der Waals surface area (Å²) in [4.78, 5) is 0. The third-order valence-corrected chi connectivity index (χ3v) is 3.22. The van der Waals surface area contributed by atoms with Crippen LogP contribution in [0.1, 0.15) is 24.8 Å². The second-order valence-corrected chi connectivity index (χ2v) is 4.59. The Morgan fingerprint density at radius 3 is 2.47 bits per heavy atom. The molecular weight excluding hydrogens is 224 g/mol. The van der Waals surface area contributed by atoms with E-state index in [0.717, 1.165) is 25.3 Å². The Kier molecular flexibility index (Phi) is 4.07. The van der Waals surface area contributed by atoms with Crippen LogP contribution in [-0.2, 0) is 6.42 Å². The van der Waals surface area contributed by atoms with Gasteiger partial charge in [0.05, 0.1) is 6.10 Å². The SMILES string of the molecule is O[C@H]1CCC[C@@H]1NCCc1cc(F)cc(F)c1. The van der Waals surface area contributed by atoms with Gasteiger partial charge < -0.3 is 10.4 Å². The molecule has 1 aliphatic carbocycles. The molecular formula is C13H17F2NO. The molecule has 0 saturated heterocycles. The highest BCUT2D eigenvalue weighted by molar-refractivity contribution is 5.18. The summed E-state index contributed by atoms with van der Waals surface area (Å²) in [6, 6.07) is 3.69. The number of halogens is 2. The zero-order chi connectivity index (χ0) is 12.3. The van der Waals surface area contributed by atoms with Gasteiger partial charge in [0.1, 0.15) is 11.6 Å². The molecule has 2 atom stereocenters. The Morgan fingerprint density at radius 1 is 1.18 bits per heavy atom. The number of hydrogen-bond acceptors (Lipinski definition) is 2. The van der Waals surface area contributed by atoms with E-state index in [1.54, 1.807) is 0 Å². The number of aliphatic hydroxyl groups excluding tert-OH is 1. The fourth-order valence-corrected chi connectivity index (χ4v) is 2.34. The normalized spacial score (nSPS) is 24.2. The summed E-state index contributed by atoms with van der Waals surface area (Å²) in [5.41, 5.74) is 0.641. The zero-order valence-electron chi connectivity index (χ0n) is 9.63. The van der Waals surface area contributed by atoms with E-state index in [2.05, 4.69) is 5.32 Å². The molecule has 0 aromatic heterocycles. The van der Waals surface area contributed by atoms with Gasteiger partial charge in [-0.05, 0) is 49.9 Å². The lowest BCUT2D eigenvalue weighted by atomic mass is 10.1. The first-order chi connectivity index (χ1) is 8.15. The van der Waals surface area contributed by atoms with Gasteiger partial charge in [0.25, 0.3) is 0 Å². The monoisotopic (exact) mass is 241 g/mol. The molecule has 2 N–H and O–H groups in total. The van der Waals surface area contributed by atoms with Crippen molar-refractivity contribution in [3.63, 3.8) is 0 Å². The minimum Gasteiger partial charge on any atom is -0.392 e. The van der Waals surface area contributed by atoms with Gasteiger partial charge in [-0.25, -0.2) is 8.78 Å². The van der Waals surface area contributed by atoms with Crippen molar-refractivity contribution in [1.29, 1.82) is 0 Å². The lowest BCUT2D eigenvalue weighted by Crippen LogP contribution is -2.36. The number of hydrogen-bond donors (Lipinski definition) is 2. The molecule has 0 spiro atoms. The van der Waals surface area contributed by atoms with Crippen molar-refractivity contribution in [3.05, 3.63) is 35.4 Å². The maximum atomic E-state index is 12.9. The van der Waals surface area contributed by atoms with Crippen molar-refractivity contribution in [2.24, 2.45) is 0 Å². The van der Waals surface area contributed by atoms with Gasteiger partial charge in [-0.15, -0.1) is 0 Å². The summed E-state index contributed by atoms with van der Waals surface area (Å²) in [6.07, 6.45) is 3.13. The van der Waals surface area contributed by atoms with Crippen molar-refractivity contribution in [3.8, 4) is 0 Å². The molecule has 0 radical (unpaired) electrons. The predicted molar refractivity (Wildman–Crippen MR) is 61.7 cm³/mol. The summed E-state index contributed by atoms with van der Waals surface area (Å²) in [5, 5.41) is 12.8. The van der Waals surface area contributed by atoms with Crippen LogP contribution in [0.2, 0.25) is 0 Å². The van der Waals surface area contributed by atoms with Crippen LogP contribution in [0.5, 0.6) is 0 Å². The van der Waals surface area contributed by atoms with E-state index in [4.69, 9.17) is 0 Å². The van der Waals surface area contributed by atoms with E-state index in [-0.39, 0.29) is 12.1 Å². The Morgan fingerprint density at radius 2 is 1.88 bits per heavy atom. The minimum atomic E-state index is -0.541. The van der Waals surface area contributed by atoms with Crippen LogP contribution >= 0.6 is 0 Å². The summed E-state index contributed by atoms with van der Waals surface area (Å²) in [6.45, 7) is 0.630. The Hall–Kier alpha value is -1.00. The molecule has 0 aliphatic heterocycles. The molecule has 0 heterocycles. The third kappa shape index (κ3) is 3.48. The van der Waals surface area contributed by atoms with Gasteiger partial charge >= 0.3 is 0 Å². The zero-order valence-corrected chi connectivity index (χ0v) is 9.63. The molecule has 2 nitrogen and oxygen atoms in total. The van der Waals surface area contributed by atoms with Gasteiger partial charge in [-0.2, -0.15) is 0 Å². The van der Waals surface area contributed by atoms with E-state index in [9.17, 15) is 13.9 Å². The summed E-state index contributed by atoms with van der Waals surface area (Å²) in [5.74, 6) is -1.08. The molecule has 1 fully saturated rings. The van der Waals surface area contributed by atoms with Gasteiger partial charge in [0, 0.05) is 12.1 Å². The van der Waals surface area contributed by atoms with Crippen molar-refractivity contribution < 1.29 is 13.9 Å². The maximum absolute atomic E-state index is 12.9. The minimum absolute atomic E-state index is 0.133. The van der Waals surface area contributed by atoms with Crippen LogP contribution in [-0.4, -0.2) is 23.8 Å². The third-order valence-electron chi connectivity index (χ3n) is 3.22. The highest BCUT2D eigenvalue weighted by Gasteiger charge is 2.23. The standard InChI is InChI=1S/C13H17F2NO/c14-10-6-9(7-11(15)8-10)4-5-16-12-2-1-3-13(12)17/h6-8,12-13,16-17H,1-5H2/t12-,13-/m0/s1. The summed E-state index contributed by atoms with van der Waals surface area (Å²) in [7, 11) is 0. The van der Waals surface area contributed by atoms with E-state index in [1.165, 1.54) is 12.1 Å². The fraction of sp³-hybridized carbons (Fsp3) is 0.538. The molecule has 0 bridgehead atoms. The van der Waals surface area contributed by atoms with Crippen LogP contribution in [0.25, 0.3) is 0 Å². The van der Waals surface area contributed by atoms with Gasteiger partial charge in [-0.1, -0.05) is 0 Å². The molecule has 1 saturated carbocycles. The quantitative estimate of drug-likeness (QED) is 0.845. The van der Waals surface area contributed by atoms with Gasteiger partial charge in [-0.3, -0.25) is 0 Å². The van der Waals surface area contributed by atoms with Crippen molar-refractivity contribution in [2.75, 3.05) is 6.54 Å².